The largest absolute Gasteiger partial charge is 0.292 e. The number of para-hydroxylation sites is 2. The summed E-state index contributed by atoms with van der Waals surface area (Å²) in [6.45, 7) is 13.8. The molecular weight excluding hydrogens is 543 g/mol. The quantitative estimate of drug-likeness (QED) is 0.187. The van der Waals surface area contributed by atoms with Gasteiger partial charge in [0.25, 0.3) is 0 Å². The fourth-order valence-electron chi connectivity index (χ4n) is 6.85. The molecule has 43 heavy (non-hydrogen) atoms. The van der Waals surface area contributed by atoms with E-state index in [1.807, 2.05) is 0 Å². The Morgan fingerprint density at radius 1 is 0.721 bits per heavy atom. The Kier molecular flexibility index (Phi) is 7.05. The van der Waals surface area contributed by atoms with Crippen molar-refractivity contribution in [2.75, 3.05) is 0 Å². The van der Waals surface area contributed by atoms with E-state index in [9.17, 15) is 0 Å². The van der Waals surface area contributed by atoms with Gasteiger partial charge in [0.05, 0.1) is 16.7 Å². The van der Waals surface area contributed by atoms with Gasteiger partial charge in [-0.25, -0.2) is 9.97 Å². The second-order valence-electron chi connectivity index (χ2n) is 12.4. The highest BCUT2D eigenvalue weighted by Crippen LogP contribution is 2.42. The van der Waals surface area contributed by atoms with Crippen molar-refractivity contribution in [2.45, 2.75) is 72.1 Å². The molecule has 7 aromatic rings. The second kappa shape index (κ2) is 10.9. The maximum absolute atomic E-state index is 5.32. The summed E-state index contributed by atoms with van der Waals surface area (Å²) in [6, 6.07) is 31.2. The summed E-state index contributed by atoms with van der Waals surface area (Å²) in [7, 11) is 0. The molecule has 3 heterocycles. The first kappa shape index (κ1) is 27.8. The SMILES string of the molecule is CCC(CC)c1ccc2c(n1)sc1ccc(-c3nc4ccccc4n3-c3c(C(C)C)cc4ccccc4c3C(C)C)cc12. The average molecular weight is 582 g/mol. The Bertz CT molecular complexity index is 2120. The van der Waals surface area contributed by atoms with E-state index in [0.29, 0.717) is 17.8 Å². The third kappa shape index (κ3) is 4.55. The van der Waals surface area contributed by atoms with Crippen LogP contribution >= 0.6 is 11.3 Å². The summed E-state index contributed by atoms with van der Waals surface area (Å²) in [4.78, 5) is 11.6. The molecule has 0 saturated carbocycles. The molecule has 0 unspecified atom stereocenters. The van der Waals surface area contributed by atoms with Crippen LogP contribution in [0.3, 0.4) is 0 Å². The fourth-order valence-corrected chi connectivity index (χ4v) is 7.91. The first-order valence-corrected chi connectivity index (χ1v) is 16.6. The van der Waals surface area contributed by atoms with Crippen LogP contribution in [0.5, 0.6) is 0 Å². The standard InChI is InChI=1S/C39H39N3S/c1-7-25(8-2)32-19-18-29-31-22-27(17-20-35(31)43-39(29)41-32)38-40-33-15-11-12-16-34(33)42(38)37-30(23(3)4)21-26-13-9-10-14-28(26)36(37)24(5)6/h9-25H,7-8H2,1-6H3. The zero-order chi connectivity index (χ0) is 29.8. The zero-order valence-electron chi connectivity index (χ0n) is 26.0. The molecule has 0 atom stereocenters. The van der Waals surface area contributed by atoms with E-state index in [0.717, 1.165) is 40.1 Å². The Morgan fingerprint density at radius 2 is 1.49 bits per heavy atom. The van der Waals surface area contributed by atoms with Gasteiger partial charge in [-0.05, 0) is 95.1 Å². The van der Waals surface area contributed by atoms with Crippen LogP contribution in [0.4, 0.5) is 0 Å². The molecule has 216 valence electrons. The molecule has 4 aromatic carbocycles. The summed E-state index contributed by atoms with van der Waals surface area (Å²) >= 11 is 1.80. The van der Waals surface area contributed by atoms with Crippen LogP contribution in [-0.4, -0.2) is 14.5 Å². The van der Waals surface area contributed by atoms with Gasteiger partial charge in [-0.15, -0.1) is 11.3 Å². The normalized spacial score (nSPS) is 12.3. The van der Waals surface area contributed by atoms with Gasteiger partial charge in [0.1, 0.15) is 10.7 Å². The van der Waals surface area contributed by atoms with E-state index < -0.39 is 0 Å². The van der Waals surface area contributed by atoms with E-state index in [2.05, 4.69) is 131 Å². The molecule has 0 aliphatic heterocycles. The predicted octanol–water partition coefficient (Wildman–Crippen LogP) is 11.8. The molecule has 0 spiro atoms. The minimum atomic E-state index is 0.339. The van der Waals surface area contributed by atoms with Crippen molar-refractivity contribution in [1.82, 2.24) is 14.5 Å². The molecule has 3 nitrogen and oxygen atoms in total. The topological polar surface area (TPSA) is 30.7 Å². The van der Waals surface area contributed by atoms with Crippen LogP contribution in [0.25, 0.3) is 59.2 Å². The second-order valence-corrected chi connectivity index (χ2v) is 13.5. The summed E-state index contributed by atoms with van der Waals surface area (Å²) in [5.41, 5.74) is 8.51. The molecule has 3 aromatic heterocycles. The maximum Gasteiger partial charge on any atom is 0.145 e. The molecule has 0 amide bonds. The van der Waals surface area contributed by atoms with E-state index in [1.165, 1.54) is 48.8 Å². The Hall–Kier alpha value is -4.02. The molecule has 0 radical (unpaired) electrons. The number of hydrogen-bond acceptors (Lipinski definition) is 3. The fraction of sp³-hybridized carbons (Fsp3) is 0.282. The zero-order valence-corrected chi connectivity index (χ0v) is 26.8. The highest BCUT2D eigenvalue weighted by atomic mass is 32.1. The van der Waals surface area contributed by atoms with Gasteiger partial charge in [0.2, 0.25) is 0 Å². The number of imidazole rings is 1. The summed E-state index contributed by atoms with van der Waals surface area (Å²) in [5, 5.41) is 5.11. The van der Waals surface area contributed by atoms with Crippen LogP contribution in [0.15, 0.2) is 84.9 Å². The lowest BCUT2D eigenvalue weighted by atomic mass is 9.87. The minimum absolute atomic E-state index is 0.339. The number of aromatic nitrogens is 3. The third-order valence-electron chi connectivity index (χ3n) is 9.09. The molecule has 0 saturated heterocycles. The number of nitrogens with zero attached hydrogens (tertiary/aromatic N) is 3. The van der Waals surface area contributed by atoms with E-state index in [-0.39, 0.29) is 0 Å². The molecular formula is C39H39N3S. The number of pyridine rings is 1. The van der Waals surface area contributed by atoms with Crippen molar-refractivity contribution in [1.29, 1.82) is 0 Å². The minimum Gasteiger partial charge on any atom is -0.292 e. The van der Waals surface area contributed by atoms with Crippen LogP contribution in [-0.2, 0) is 0 Å². The van der Waals surface area contributed by atoms with Gasteiger partial charge < -0.3 is 0 Å². The summed E-state index contributed by atoms with van der Waals surface area (Å²) in [5.74, 6) is 2.19. The van der Waals surface area contributed by atoms with Gasteiger partial charge in [-0.3, -0.25) is 4.57 Å². The van der Waals surface area contributed by atoms with Gasteiger partial charge in [0.15, 0.2) is 0 Å². The number of benzene rings is 4. The molecule has 0 fully saturated rings. The Labute approximate surface area is 258 Å². The number of fused-ring (bicyclic) bond motifs is 5. The van der Waals surface area contributed by atoms with Crippen molar-refractivity contribution in [3.63, 3.8) is 0 Å². The number of thiophene rings is 1. The number of hydrogen-bond donors (Lipinski definition) is 0. The monoisotopic (exact) mass is 581 g/mol. The van der Waals surface area contributed by atoms with Crippen molar-refractivity contribution in [3.8, 4) is 17.1 Å². The van der Waals surface area contributed by atoms with Crippen molar-refractivity contribution in [3.05, 3.63) is 102 Å². The lowest BCUT2D eigenvalue weighted by molar-refractivity contribution is 0.626. The molecule has 7 rings (SSSR count). The maximum atomic E-state index is 5.32. The van der Waals surface area contributed by atoms with E-state index >= 15 is 0 Å². The van der Waals surface area contributed by atoms with Gasteiger partial charge in [-0.1, -0.05) is 77.9 Å². The van der Waals surface area contributed by atoms with Gasteiger partial charge in [0, 0.05) is 32.6 Å². The predicted molar refractivity (Wildman–Crippen MR) is 186 cm³/mol. The van der Waals surface area contributed by atoms with Crippen molar-refractivity contribution < 1.29 is 0 Å². The van der Waals surface area contributed by atoms with Crippen molar-refractivity contribution in [2.24, 2.45) is 0 Å². The third-order valence-corrected chi connectivity index (χ3v) is 10.2. The average Bonchev–Trinajstić information content (AvgIpc) is 3.58. The molecule has 0 N–H and O–H groups in total. The highest BCUT2D eigenvalue weighted by molar-refractivity contribution is 7.25. The van der Waals surface area contributed by atoms with Crippen LogP contribution in [0.1, 0.15) is 89.0 Å². The summed E-state index contributed by atoms with van der Waals surface area (Å²) < 4.78 is 3.72. The van der Waals surface area contributed by atoms with Crippen molar-refractivity contribution >= 4 is 53.4 Å². The molecule has 0 aliphatic rings. The lowest BCUT2D eigenvalue weighted by Crippen LogP contribution is -2.09. The van der Waals surface area contributed by atoms with E-state index in [4.69, 9.17) is 9.97 Å². The smallest absolute Gasteiger partial charge is 0.145 e. The highest BCUT2D eigenvalue weighted by Gasteiger charge is 2.24. The first-order valence-electron chi connectivity index (χ1n) is 15.8. The van der Waals surface area contributed by atoms with E-state index in [1.54, 1.807) is 11.3 Å². The van der Waals surface area contributed by atoms with Crippen LogP contribution < -0.4 is 0 Å². The Morgan fingerprint density at radius 3 is 2.26 bits per heavy atom. The summed E-state index contributed by atoms with van der Waals surface area (Å²) in [6.07, 6.45) is 2.23. The number of rotatable bonds is 7. The van der Waals surface area contributed by atoms with Gasteiger partial charge >= 0.3 is 0 Å². The van der Waals surface area contributed by atoms with Crippen LogP contribution in [0.2, 0.25) is 0 Å². The molecule has 0 bridgehead atoms. The molecule has 4 heteroatoms. The lowest BCUT2D eigenvalue weighted by Gasteiger charge is -2.25. The van der Waals surface area contributed by atoms with Crippen LogP contribution in [0, 0.1) is 0 Å². The Balaban J connectivity index is 1.52. The van der Waals surface area contributed by atoms with Gasteiger partial charge in [-0.2, -0.15) is 0 Å². The first-order chi connectivity index (χ1) is 20.9. The molecule has 0 aliphatic carbocycles.